The minimum absolute atomic E-state index is 0.116. The van der Waals surface area contributed by atoms with Crippen LogP contribution in [0.1, 0.15) is 18.4 Å². The molecule has 2 heterocycles. The summed E-state index contributed by atoms with van der Waals surface area (Å²) < 4.78 is 5.18. The summed E-state index contributed by atoms with van der Waals surface area (Å²) in [6.07, 6.45) is 11.8. The van der Waals surface area contributed by atoms with Crippen molar-refractivity contribution in [2.24, 2.45) is 4.99 Å². The summed E-state index contributed by atoms with van der Waals surface area (Å²) in [6, 6.07) is 13.8. The summed E-state index contributed by atoms with van der Waals surface area (Å²) >= 11 is 0. The van der Waals surface area contributed by atoms with Crippen LogP contribution in [0.3, 0.4) is 0 Å². The number of aliphatic imine (C=N–C) groups is 1. The number of ether oxygens (including phenoxy) is 1. The van der Waals surface area contributed by atoms with Crippen LogP contribution in [-0.4, -0.2) is 74.0 Å². The van der Waals surface area contributed by atoms with Gasteiger partial charge in [0, 0.05) is 37.1 Å². The monoisotopic (exact) mass is 421 g/mol. The number of benzene rings is 1. The van der Waals surface area contributed by atoms with Gasteiger partial charge in [0.1, 0.15) is 12.5 Å². The highest BCUT2D eigenvalue weighted by atomic mass is 16.5. The number of nitrogens with zero attached hydrogens (tertiary/aromatic N) is 5. The van der Waals surface area contributed by atoms with Crippen LogP contribution in [0.4, 0.5) is 5.69 Å². The van der Waals surface area contributed by atoms with E-state index in [0.717, 1.165) is 43.0 Å². The molecule has 7 nitrogen and oxygen atoms in total. The predicted octanol–water partition coefficient (Wildman–Crippen LogP) is 2.73. The van der Waals surface area contributed by atoms with Crippen molar-refractivity contribution in [3.63, 3.8) is 0 Å². The largest absolute Gasteiger partial charge is 0.481 e. The van der Waals surface area contributed by atoms with Crippen LogP contribution in [0.5, 0.6) is 5.88 Å². The van der Waals surface area contributed by atoms with Crippen LogP contribution < -0.4 is 9.64 Å². The molecule has 3 rings (SSSR count). The van der Waals surface area contributed by atoms with Gasteiger partial charge in [-0.1, -0.05) is 18.2 Å². The van der Waals surface area contributed by atoms with Crippen LogP contribution >= 0.6 is 0 Å². The lowest BCUT2D eigenvalue weighted by Gasteiger charge is -2.28. The zero-order valence-electron chi connectivity index (χ0n) is 18.6. The Morgan fingerprint density at radius 2 is 1.87 bits per heavy atom. The molecule has 7 heteroatoms. The van der Waals surface area contributed by atoms with E-state index in [1.54, 1.807) is 13.3 Å². The molecule has 1 amide bonds. The molecule has 0 spiro atoms. The highest BCUT2D eigenvalue weighted by Gasteiger charge is 2.19. The first-order valence-corrected chi connectivity index (χ1v) is 10.2. The maximum Gasteiger partial charge on any atom is 0.238 e. The van der Waals surface area contributed by atoms with Gasteiger partial charge in [0.15, 0.2) is 0 Å². The van der Waals surface area contributed by atoms with Gasteiger partial charge < -0.3 is 14.5 Å². The number of anilines is 1. The number of carbonyl (C=O) groups is 1. The van der Waals surface area contributed by atoms with Gasteiger partial charge in [-0.3, -0.25) is 9.69 Å². The lowest BCUT2D eigenvalue weighted by atomic mass is 10.2. The van der Waals surface area contributed by atoms with Gasteiger partial charge in [-0.25, -0.2) is 9.98 Å². The van der Waals surface area contributed by atoms with Crippen molar-refractivity contribution in [1.82, 2.24) is 14.8 Å². The Morgan fingerprint density at radius 1 is 1.16 bits per heavy atom. The van der Waals surface area contributed by atoms with Gasteiger partial charge >= 0.3 is 0 Å². The van der Waals surface area contributed by atoms with Crippen LogP contribution in [0.2, 0.25) is 0 Å². The lowest BCUT2D eigenvalue weighted by molar-refractivity contribution is -0.132. The van der Waals surface area contributed by atoms with Gasteiger partial charge in [0.25, 0.3) is 0 Å². The normalized spacial score (nSPS) is 15.3. The number of amidine groups is 1. The fourth-order valence-corrected chi connectivity index (χ4v) is 3.32. The average molecular weight is 422 g/mol. The maximum atomic E-state index is 12.6. The quantitative estimate of drug-likeness (QED) is 0.422. The first-order valence-electron chi connectivity index (χ1n) is 10.2. The van der Waals surface area contributed by atoms with Crippen molar-refractivity contribution in [2.75, 3.05) is 52.4 Å². The Bertz CT molecular complexity index is 865. The molecule has 164 valence electrons. The summed E-state index contributed by atoms with van der Waals surface area (Å²) in [5, 5.41) is 0. The van der Waals surface area contributed by atoms with Crippen LogP contribution in [0.15, 0.2) is 53.7 Å². The van der Waals surface area contributed by atoms with E-state index in [1.165, 1.54) is 0 Å². The number of para-hydroxylation sites is 1. The minimum atomic E-state index is 0.116. The molecule has 1 aliphatic heterocycles. The summed E-state index contributed by atoms with van der Waals surface area (Å²) in [7, 11) is 5.56. The Hall–Kier alpha value is -3.37. The molecule has 1 aliphatic rings. The van der Waals surface area contributed by atoms with E-state index in [9.17, 15) is 4.79 Å². The smallest absolute Gasteiger partial charge is 0.238 e. The number of carbonyl (C=O) groups excluding carboxylic acids is 1. The topological polar surface area (TPSA) is 61.3 Å². The number of terminal acetylenes is 1. The number of methoxy groups -OCH3 is 1. The predicted molar refractivity (Wildman–Crippen MR) is 125 cm³/mol. The van der Waals surface area contributed by atoms with Crippen molar-refractivity contribution in [3.8, 4) is 18.7 Å². The third-order valence-electron chi connectivity index (χ3n) is 5.03. The Kier molecular flexibility index (Phi) is 9.53. The molecule has 0 N–H and O–H groups in total. The maximum absolute atomic E-state index is 12.6. The Morgan fingerprint density at radius 3 is 2.52 bits per heavy atom. The fourth-order valence-electron chi connectivity index (χ4n) is 3.32. The molecule has 1 aromatic carbocycles. The SMILES string of the molecule is C#C.COc1ccc(/C(=N/CN2CCCCN(C)CC2=O)N(C)c2ccccc2)cn1. The van der Waals surface area contributed by atoms with Crippen molar-refractivity contribution in [2.45, 2.75) is 12.8 Å². The van der Waals surface area contributed by atoms with E-state index in [2.05, 4.69) is 22.7 Å². The molecule has 31 heavy (non-hydrogen) atoms. The zero-order valence-corrected chi connectivity index (χ0v) is 18.6. The number of amides is 1. The first-order chi connectivity index (χ1) is 15.1. The summed E-state index contributed by atoms with van der Waals surface area (Å²) in [5.41, 5.74) is 1.88. The van der Waals surface area contributed by atoms with E-state index in [1.807, 2.05) is 66.4 Å². The van der Waals surface area contributed by atoms with Crippen molar-refractivity contribution in [1.29, 1.82) is 0 Å². The summed E-state index contributed by atoms with van der Waals surface area (Å²) in [4.78, 5) is 27.7. The molecule has 0 saturated carbocycles. The Labute approximate surface area is 185 Å². The van der Waals surface area contributed by atoms with Gasteiger partial charge in [-0.05, 0) is 44.6 Å². The highest BCUT2D eigenvalue weighted by molar-refractivity contribution is 6.09. The molecule has 0 atom stereocenters. The number of likely N-dealkylation sites (N-methyl/N-ethyl adjacent to an activating group) is 1. The summed E-state index contributed by atoms with van der Waals surface area (Å²) in [6.45, 7) is 2.45. The molecule has 0 bridgehead atoms. The molecule has 1 saturated heterocycles. The Balaban J connectivity index is 0.00000166. The third-order valence-corrected chi connectivity index (χ3v) is 5.03. The van der Waals surface area contributed by atoms with Crippen LogP contribution in [0.25, 0.3) is 0 Å². The standard InChI is InChI=1S/C22H29N5O2.C2H2/c1-25-13-7-8-14-27(21(28)16-25)17-24-22(18-11-12-20(29-3)23-15-18)26(2)19-9-5-4-6-10-19;1-2/h4-6,9-12,15H,7-8,13-14,16-17H2,1-3H3;1-2H/b24-22-;. The highest BCUT2D eigenvalue weighted by Crippen LogP contribution is 2.17. The van der Waals surface area contributed by atoms with E-state index in [-0.39, 0.29) is 5.91 Å². The van der Waals surface area contributed by atoms with Crippen molar-refractivity contribution in [3.05, 3.63) is 54.2 Å². The number of hydrogen-bond acceptors (Lipinski definition) is 5. The lowest BCUT2D eigenvalue weighted by Crippen LogP contribution is -2.42. The third kappa shape index (κ3) is 6.83. The first kappa shape index (κ1) is 23.9. The van der Waals surface area contributed by atoms with Gasteiger partial charge in [0.05, 0.1) is 13.7 Å². The van der Waals surface area contributed by atoms with Crippen molar-refractivity contribution < 1.29 is 9.53 Å². The van der Waals surface area contributed by atoms with Crippen LogP contribution in [0, 0.1) is 12.8 Å². The second-order valence-electron chi connectivity index (χ2n) is 7.21. The van der Waals surface area contributed by atoms with E-state index >= 15 is 0 Å². The molecule has 1 fully saturated rings. The molecule has 0 radical (unpaired) electrons. The number of hydrogen-bond donors (Lipinski definition) is 0. The van der Waals surface area contributed by atoms with Crippen LogP contribution in [-0.2, 0) is 4.79 Å². The molecule has 2 aromatic rings. The number of pyridine rings is 1. The number of rotatable bonds is 5. The molecule has 0 unspecified atom stereocenters. The molecular formula is C24H31N5O2. The average Bonchev–Trinajstić information content (AvgIpc) is 2.81. The van der Waals surface area contributed by atoms with Gasteiger partial charge in [0.2, 0.25) is 11.8 Å². The van der Waals surface area contributed by atoms with E-state index in [4.69, 9.17) is 9.73 Å². The fraction of sp³-hybridized carbons (Fsp3) is 0.375. The van der Waals surface area contributed by atoms with Gasteiger partial charge in [-0.15, -0.1) is 12.8 Å². The molecular weight excluding hydrogens is 390 g/mol. The second-order valence-corrected chi connectivity index (χ2v) is 7.21. The number of aromatic nitrogens is 1. The summed E-state index contributed by atoms with van der Waals surface area (Å²) in [5.74, 6) is 1.43. The van der Waals surface area contributed by atoms with Gasteiger partial charge in [-0.2, -0.15) is 0 Å². The van der Waals surface area contributed by atoms with Crippen molar-refractivity contribution >= 4 is 17.4 Å². The molecule has 0 aliphatic carbocycles. The second kappa shape index (κ2) is 12.4. The minimum Gasteiger partial charge on any atom is -0.481 e. The zero-order chi connectivity index (χ0) is 22.6. The molecule has 1 aromatic heterocycles. The van der Waals surface area contributed by atoms with E-state index < -0.39 is 0 Å². The van der Waals surface area contributed by atoms with E-state index in [0.29, 0.717) is 19.1 Å².